The minimum Gasteiger partial charge on any atom is -0.0654 e. The van der Waals surface area contributed by atoms with Crippen LogP contribution < -0.4 is 0 Å². The third kappa shape index (κ3) is 4.78. The second kappa shape index (κ2) is 9.89. The number of rotatable bonds is 7. The molecule has 0 radical (unpaired) electrons. The van der Waals surface area contributed by atoms with Crippen LogP contribution in [0.15, 0.2) is 103 Å². The number of unbranched alkanes of at least 4 members (excludes halogenated alkanes) is 1. The van der Waals surface area contributed by atoms with Gasteiger partial charge >= 0.3 is 0 Å². The SMILES string of the molecule is CCCCc1ccccc1-c1ccccc1C=Cc1ccc(-c2ccccc2)cc1. The van der Waals surface area contributed by atoms with Gasteiger partial charge in [0.1, 0.15) is 0 Å². The first-order valence-electron chi connectivity index (χ1n) is 10.9. The third-order valence-corrected chi connectivity index (χ3v) is 5.54. The molecule has 0 aliphatic rings. The van der Waals surface area contributed by atoms with Crippen molar-refractivity contribution >= 4 is 12.2 Å². The zero-order chi connectivity index (χ0) is 20.6. The van der Waals surface area contributed by atoms with E-state index >= 15 is 0 Å². The highest BCUT2D eigenvalue weighted by Crippen LogP contribution is 2.29. The van der Waals surface area contributed by atoms with Gasteiger partial charge in [-0.15, -0.1) is 0 Å². The molecule has 4 aromatic rings. The third-order valence-electron chi connectivity index (χ3n) is 5.54. The Morgan fingerprint density at radius 2 is 1.20 bits per heavy atom. The van der Waals surface area contributed by atoms with Crippen LogP contribution in [0.5, 0.6) is 0 Å². The minimum absolute atomic E-state index is 1.13. The molecule has 0 aromatic heterocycles. The lowest BCUT2D eigenvalue weighted by molar-refractivity contribution is 0.796. The van der Waals surface area contributed by atoms with E-state index in [9.17, 15) is 0 Å². The van der Waals surface area contributed by atoms with Crippen molar-refractivity contribution in [3.8, 4) is 22.3 Å². The Morgan fingerprint density at radius 1 is 0.567 bits per heavy atom. The largest absolute Gasteiger partial charge is 0.0654 e. The van der Waals surface area contributed by atoms with Crippen LogP contribution in [-0.2, 0) is 6.42 Å². The molecule has 0 aliphatic heterocycles. The van der Waals surface area contributed by atoms with Gasteiger partial charge in [-0.3, -0.25) is 0 Å². The van der Waals surface area contributed by atoms with Gasteiger partial charge in [0.2, 0.25) is 0 Å². The van der Waals surface area contributed by atoms with E-state index in [-0.39, 0.29) is 0 Å². The van der Waals surface area contributed by atoms with E-state index in [1.165, 1.54) is 51.8 Å². The lowest BCUT2D eigenvalue weighted by atomic mass is 9.92. The Labute approximate surface area is 180 Å². The van der Waals surface area contributed by atoms with Crippen LogP contribution in [0.3, 0.4) is 0 Å². The van der Waals surface area contributed by atoms with E-state index in [1.54, 1.807) is 0 Å². The maximum Gasteiger partial charge on any atom is -0.0109 e. The molecule has 0 fully saturated rings. The summed E-state index contributed by atoms with van der Waals surface area (Å²) in [4.78, 5) is 0. The summed E-state index contributed by atoms with van der Waals surface area (Å²) in [6, 6.07) is 36.8. The summed E-state index contributed by atoms with van der Waals surface area (Å²) in [5.41, 5.74) is 9.07. The number of hydrogen-bond donors (Lipinski definition) is 0. The van der Waals surface area contributed by atoms with Gasteiger partial charge in [0.15, 0.2) is 0 Å². The highest BCUT2D eigenvalue weighted by molar-refractivity contribution is 5.82. The maximum atomic E-state index is 2.27. The van der Waals surface area contributed by atoms with Gasteiger partial charge < -0.3 is 0 Å². The first-order valence-corrected chi connectivity index (χ1v) is 10.9. The second-order valence-corrected chi connectivity index (χ2v) is 7.67. The first kappa shape index (κ1) is 19.9. The summed E-state index contributed by atoms with van der Waals surface area (Å²) in [6.45, 7) is 2.25. The van der Waals surface area contributed by atoms with Crippen LogP contribution in [0.25, 0.3) is 34.4 Å². The topological polar surface area (TPSA) is 0 Å². The molecule has 148 valence electrons. The number of benzene rings is 4. The Morgan fingerprint density at radius 3 is 1.97 bits per heavy atom. The van der Waals surface area contributed by atoms with Gasteiger partial charge in [-0.05, 0) is 51.8 Å². The zero-order valence-electron chi connectivity index (χ0n) is 17.6. The average molecular weight is 389 g/mol. The van der Waals surface area contributed by atoms with E-state index in [2.05, 4.69) is 122 Å². The van der Waals surface area contributed by atoms with Crippen LogP contribution in [0.4, 0.5) is 0 Å². The molecule has 0 nitrogen and oxygen atoms in total. The highest BCUT2D eigenvalue weighted by atomic mass is 14.1. The molecule has 0 amide bonds. The summed E-state index contributed by atoms with van der Waals surface area (Å²) in [5, 5.41) is 0. The number of hydrogen-bond acceptors (Lipinski definition) is 0. The van der Waals surface area contributed by atoms with Crippen LogP contribution in [0.2, 0.25) is 0 Å². The van der Waals surface area contributed by atoms with Crippen molar-refractivity contribution in [2.75, 3.05) is 0 Å². The van der Waals surface area contributed by atoms with Crippen LogP contribution >= 0.6 is 0 Å². The summed E-state index contributed by atoms with van der Waals surface area (Å²) in [5.74, 6) is 0. The molecule has 0 spiro atoms. The van der Waals surface area contributed by atoms with E-state index in [4.69, 9.17) is 0 Å². The lowest BCUT2D eigenvalue weighted by Gasteiger charge is -2.12. The van der Waals surface area contributed by atoms with Gasteiger partial charge in [-0.25, -0.2) is 0 Å². The fourth-order valence-electron chi connectivity index (χ4n) is 3.86. The molecule has 0 saturated heterocycles. The van der Waals surface area contributed by atoms with Crippen LogP contribution in [0.1, 0.15) is 36.5 Å². The molecule has 0 unspecified atom stereocenters. The van der Waals surface area contributed by atoms with Crippen molar-refractivity contribution in [2.24, 2.45) is 0 Å². The lowest BCUT2D eigenvalue weighted by Crippen LogP contribution is -1.92. The van der Waals surface area contributed by atoms with Crippen molar-refractivity contribution in [3.63, 3.8) is 0 Å². The molecule has 0 N–H and O–H groups in total. The summed E-state index contributed by atoms with van der Waals surface area (Å²) in [7, 11) is 0. The van der Waals surface area contributed by atoms with E-state index in [1.807, 2.05) is 0 Å². The normalized spacial score (nSPS) is 11.1. The van der Waals surface area contributed by atoms with Gasteiger partial charge in [0, 0.05) is 0 Å². The molecule has 0 bridgehead atoms. The predicted octanol–water partition coefficient (Wildman–Crippen LogP) is 8.53. The van der Waals surface area contributed by atoms with E-state index in [0.717, 1.165) is 6.42 Å². The van der Waals surface area contributed by atoms with E-state index < -0.39 is 0 Å². The van der Waals surface area contributed by atoms with Crippen molar-refractivity contribution in [1.29, 1.82) is 0 Å². The summed E-state index contributed by atoms with van der Waals surface area (Å²) < 4.78 is 0. The molecule has 4 aromatic carbocycles. The molecule has 0 atom stereocenters. The minimum atomic E-state index is 1.13. The highest BCUT2D eigenvalue weighted by Gasteiger charge is 2.07. The van der Waals surface area contributed by atoms with Crippen LogP contribution in [0, 0.1) is 0 Å². The molecule has 30 heavy (non-hydrogen) atoms. The van der Waals surface area contributed by atoms with Crippen molar-refractivity contribution < 1.29 is 0 Å². The fourth-order valence-corrected chi connectivity index (χ4v) is 3.86. The number of aryl methyl sites for hydroxylation is 1. The fraction of sp³-hybridized carbons (Fsp3) is 0.133. The summed E-state index contributed by atoms with van der Waals surface area (Å²) >= 11 is 0. The summed E-state index contributed by atoms with van der Waals surface area (Å²) in [6.07, 6.45) is 8.02. The Kier molecular flexibility index (Phi) is 6.57. The molecule has 4 rings (SSSR count). The van der Waals surface area contributed by atoms with Crippen LogP contribution in [-0.4, -0.2) is 0 Å². The van der Waals surface area contributed by atoms with Gasteiger partial charge in [0.25, 0.3) is 0 Å². The van der Waals surface area contributed by atoms with Crippen molar-refractivity contribution in [1.82, 2.24) is 0 Å². The monoisotopic (exact) mass is 388 g/mol. The quantitative estimate of drug-likeness (QED) is 0.278. The molecule has 0 heteroatoms. The molecule has 0 saturated carbocycles. The maximum absolute atomic E-state index is 2.27. The predicted molar refractivity (Wildman–Crippen MR) is 131 cm³/mol. The Balaban J connectivity index is 1.60. The molecular weight excluding hydrogens is 360 g/mol. The van der Waals surface area contributed by atoms with Gasteiger partial charge in [-0.1, -0.05) is 129 Å². The first-order chi connectivity index (χ1) is 14.8. The van der Waals surface area contributed by atoms with E-state index in [0.29, 0.717) is 0 Å². The molecule has 0 aliphatic carbocycles. The Bertz CT molecular complexity index is 1100. The van der Waals surface area contributed by atoms with Crippen molar-refractivity contribution in [3.05, 3.63) is 120 Å². The van der Waals surface area contributed by atoms with Gasteiger partial charge in [0.05, 0.1) is 0 Å². The standard InChI is InChI=1S/C30H28/c1-2-3-11-27-14-7-9-16-29(27)30-17-10-8-15-28(30)23-20-24-18-21-26(22-19-24)25-12-5-4-6-13-25/h4-10,12-23H,2-3,11H2,1H3. The molecule has 0 heterocycles. The Hall–Kier alpha value is -3.38. The average Bonchev–Trinajstić information content (AvgIpc) is 2.83. The zero-order valence-corrected chi connectivity index (χ0v) is 17.6. The molecular formula is C30H28. The van der Waals surface area contributed by atoms with Gasteiger partial charge in [-0.2, -0.15) is 0 Å². The smallest absolute Gasteiger partial charge is 0.0109 e. The van der Waals surface area contributed by atoms with Crippen molar-refractivity contribution in [2.45, 2.75) is 26.2 Å². The second-order valence-electron chi connectivity index (χ2n) is 7.67.